The number of hydrogen-bond acceptors (Lipinski definition) is 8. The van der Waals surface area contributed by atoms with Crippen molar-refractivity contribution in [2.75, 3.05) is 38.2 Å². The molecule has 2 aromatic carbocycles. The van der Waals surface area contributed by atoms with Gasteiger partial charge in [0.2, 0.25) is 0 Å². The summed E-state index contributed by atoms with van der Waals surface area (Å²) in [6, 6.07) is 10.6. The first kappa shape index (κ1) is 25.7. The van der Waals surface area contributed by atoms with Crippen LogP contribution in [-0.4, -0.2) is 92.5 Å². The van der Waals surface area contributed by atoms with E-state index in [0.717, 1.165) is 43.0 Å². The van der Waals surface area contributed by atoms with Crippen LogP contribution in [0.5, 0.6) is 11.8 Å². The Hall–Kier alpha value is -4.25. The monoisotopic (exact) mass is 558 g/mol. The number of anilines is 1. The second kappa shape index (κ2) is 9.99. The van der Waals surface area contributed by atoms with E-state index in [9.17, 15) is 15.0 Å². The molecule has 3 saturated heterocycles. The number of fused-ring (bicyclic) bond motifs is 4. The SMILES string of the molecule is CN1CCC[C@H]1COc1nc(N2CC3CC[C@@H](C2)N3C(=O)O)c2cnc(-c3cc(O)cc4ccccc34)c(F)c2n1. The van der Waals surface area contributed by atoms with Crippen molar-refractivity contribution >= 4 is 33.6 Å². The summed E-state index contributed by atoms with van der Waals surface area (Å²) in [7, 11) is 2.06. The molecule has 2 N–H and O–H groups in total. The number of likely N-dealkylation sites (tertiary alicyclic amines) is 1. The molecule has 10 nitrogen and oxygen atoms in total. The van der Waals surface area contributed by atoms with E-state index in [1.54, 1.807) is 12.3 Å². The quantitative estimate of drug-likeness (QED) is 0.366. The van der Waals surface area contributed by atoms with Gasteiger partial charge in [0.15, 0.2) is 5.82 Å². The molecule has 1 amide bonds. The van der Waals surface area contributed by atoms with Crippen molar-refractivity contribution in [2.45, 2.75) is 43.8 Å². The molecule has 3 aliphatic heterocycles. The molecule has 7 rings (SSSR count). The van der Waals surface area contributed by atoms with E-state index < -0.39 is 11.9 Å². The Labute approximate surface area is 236 Å². The number of ether oxygens (including phenoxy) is 1. The Bertz CT molecular complexity index is 1650. The highest BCUT2D eigenvalue weighted by Gasteiger charge is 2.43. The number of piperazine rings is 1. The lowest BCUT2D eigenvalue weighted by Crippen LogP contribution is -2.55. The van der Waals surface area contributed by atoms with Gasteiger partial charge >= 0.3 is 12.1 Å². The zero-order chi connectivity index (χ0) is 28.2. The molecule has 41 heavy (non-hydrogen) atoms. The van der Waals surface area contributed by atoms with Crippen LogP contribution in [0.15, 0.2) is 42.6 Å². The first-order chi connectivity index (χ1) is 19.9. The van der Waals surface area contributed by atoms with Gasteiger partial charge in [-0.15, -0.1) is 0 Å². The number of phenolic OH excluding ortho intramolecular Hbond substituents is 1. The van der Waals surface area contributed by atoms with Crippen LogP contribution in [0.2, 0.25) is 0 Å². The Morgan fingerprint density at radius 1 is 1.10 bits per heavy atom. The van der Waals surface area contributed by atoms with Crippen molar-refractivity contribution < 1.29 is 24.1 Å². The average Bonchev–Trinajstić information content (AvgIpc) is 3.50. The summed E-state index contributed by atoms with van der Waals surface area (Å²) in [5.74, 6) is -0.123. The van der Waals surface area contributed by atoms with Crippen LogP contribution in [0.3, 0.4) is 0 Å². The van der Waals surface area contributed by atoms with Crippen LogP contribution < -0.4 is 9.64 Å². The number of rotatable bonds is 5. The lowest BCUT2D eigenvalue weighted by atomic mass is 10.00. The minimum absolute atomic E-state index is 0.0138. The van der Waals surface area contributed by atoms with E-state index in [0.29, 0.717) is 36.5 Å². The molecule has 4 aromatic rings. The van der Waals surface area contributed by atoms with Gasteiger partial charge in [0.1, 0.15) is 29.4 Å². The Morgan fingerprint density at radius 3 is 2.61 bits per heavy atom. The van der Waals surface area contributed by atoms with Crippen LogP contribution in [0.25, 0.3) is 32.9 Å². The van der Waals surface area contributed by atoms with E-state index in [4.69, 9.17) is 9.72 Å². The van der Waals surface area contributed by atoms with Crippen molar-refractivity contribution in [2.24, 2.45) is 0 Å². The summed E-state index contributed by atoms with van der Waals surface area (Å²) in [5, 5.41) is 22.1. The molecule has 2 aromatic heterocycles. The van der Waals surface area contributed by atoms with E-state index in [2.05, 4.69) is 21.9 Å². The fraction of sp³-hybridized carbons (Fsp3) is 0.400. The van der Waals surface area contributed by atoms with Crippen molar-refractivity contribution in [3.63, 3.8) is 0 Å². The number of aromatic hydroxyl groups is 1. The molecule has 0 spiro atoms. The largest absolute Gasteiger partial charge is 0.508 e. The molecule has 5 heterocycles. The maximum atomic E-state index is 16.5. The Balaban J connectivity index is 1.34. The predicted molar refractivity (Wildman–Crippen MR) is 152 cm³/mol. The number of pyridine rings is 1. The topological polar surface area (TPSA) is 115 Å². The van der Waals surface area contributed by atoms with Crippen molar-refractivity contribution in [3.8, 4) is 23.0 Å². The smallest absolute Gasteiger partial charge is 0.407 e. The zero-order valence-corrected chi connectivity index (χ0v) is 22.7. The van der Waals surface area contributed by atoms with Gasteiger partial charge in [0, 0.05) is 30.9 Å². The molecular formula is C30H31FN6O4. The fourth-order valence-electron chi connectivity index (χ4n) is 6.75. The van der Waals surface area contributed by atoms with Crippen LogP contribution in [-0.2, 0) is 0 Å². The number of hydrogen-bond donors (Lipinski definition) is 2. The van der Waals surface area contributed by atoms with Crippen LogP contribution in [0.4, 0.5) is 15.0 Å². The van der Waals surface area contributed by atoms with Gasteiger partial charge in [-0.3, -0.25) is 9.88 Å². The van der Waals surface area contributed by atoms with Gasteiger partial charge < -0.3 is 24.7 Å². The highest BCUT2D eigenvalue weighted by Crippen LogP contribution is 2.39. The maximum Gasteiger partial charge on any atom is 0.407 e. The lowest BCUT2D eigenvalue weighted by Gasteiger charge is -2.40. The normalized spacial score (nSPS) is 22.6. The first-order valence-electron chi connectivity index (χ1n) is 14.0. The van der Waals surface area contributed by atoms with Crippen molar-refractivity contribution in [1.29, 1.82) is 0 Å². The summed E-state index contributed by atoms with van der Waals surface area (Å²) in [5.41, 5.74) is 0.616. The molecule has 11 heteroatoms. The number of halogens is 1. The lowest BCUT2D eigenvalue weighted by molar-refractivity contribution is 0.114. The zero-order valence-electron chi connectivity index (χ0n) is 22.7. The van der Waals surface area contributed by atoms with Gasteiger partial charge in [0.05, 0.1) is 17.5 Å². The van der Waals surface area contributed by atoms with Crippen molar-refractivity contribution in [1.82, 2.24) is 24.8 Å². The summed E-state index contributed by atoms with van der Waals surface area (Å²) in [6.07, 6.45) is 4.30. The third kappa shape index (κ3) is 4.44. The highest BCUT2D eigenvalue weighted by atomic mass is 19.1. The number of aromatic nitrogens is 3. The third-order valence-corrected chi connectivity index (χ3v) is 8.82. The van der Waals surface area contributed by atoms with Gasteiger partial charge in [-0.2, -0.15) is 9.97 Å². The minimum atomic E-state index is -0.912. The van der Waals surface area contributed by atoms with Crippen molar-refractivity contribution in [3.05, 3.63) is 48.4 Å². The second-order valence-corrected chi connectivity index (χ2v) is 11.3. The fourth-order valence-corrected chi connectivity index (χ4v) is 6.75. The molecule has 212 valence electrons. The number of carbonyl (C=O) groups is 1. The van der Waals surface area contributed by atoms with E-state index >= 15 is 4.39 Å². The molecule has 3 fully saturated rings. The highest BCUT2D eigenvalue weighted by molar-refractivity contribution is 6.00. The molecule has 2 bridgehead atoms. The molecule has 3 aliphatic rings. The summed E-state index contributed by atoms with van der Waals surface area (Å²) >= 11 is 0. The summed E-state index contributed by atoms with van der Waals surface area (Å²) < 4.78 is 22.6. The van der Waals surface area contributed by atoms with Gasteiger partial charge in [0.25, 0.3) is 0 Å². The number of carboxylic acid groups (broad SMARTS) is 1. The molecule has 0 saturated carbocycles. The summed E-state index contributed by atoms with van der Waals surface area (Å²) in [6.45, 7) is 2.27. The van der Waals surface area contributed by atoms with Crippen LogP contribution in [0, 0.1) is 5.82 Å². The van der Waals surface area contributed by atoms with E-state index in [-0.39, 0.29) is 41.1 Å². The predicted octanol–water partition coefficient (Wildman–Crippen LogP) is 4.49. The number of likely N-dealkylation sites (N-methyl/N-ethyl adjacent to an activating group) is 1. The molecule has 1 unspecified atom stereocenters. The van der Waals surface area contributed by atoms with Gasteiger partial charge in [-0.05, 0) is 62.2 Å². The number of amides is 1. The molecular weight excluding hydrogens is 527 g/mol. The number of benzene rings is 2. The van der Waals surface area contributed by atoms with E-state index in [1.807, 2.05) is 29.2 Å². The Kier molecular flexibility index (Phi) is 6.26. The minimum Gasteiger partial charge on any atom is -0.508 e. The Morgan fingerprint density at radius 2 is 1.88 bits per heavy atom. The van der Waals surface area contributed by atoms with Crippen LogP contribution >= 0.6 is 0 Å². The van der Waals surface area contributed by atoms with E-state index in [1.165, 1.54) is 11.0 Å². The first-order valence-corrected chi connectivity index (χ1v) is 14.0. The molecule has 0 radical (unpaired) electrons. The standard InChI is InChI=1S/C30H31FN6O4/c1-35-10-4-6-20(35)16-41-29-33-27-24(28(34-29)36-14-18-8-9-19(15-36)37(18)30(39)40)13-32-26(25(27)31)23-12-21(38)11-17-5-2-3-7-22(17)23/h2-3,5,7,11-13,18-20,38H,4,6,8-10,14-16H2,1H3,(H,39,40)/t18-,19?,20-/m0/s1. The van der Waals surface area contributed by atoms with Gasteiger partial charge in [-0.25, -0.2) is 9.18 Å². The third-order valence-electron chi connectivity index (χ3n) is 8.82. The summed E-state index contributed by atoms with van der Waals surface area (Å²) in [4.78, 5) is 31.5. The van der Waals surface area contributed by atoms with Crippen LogP contribution in [0.1, 0.15) is 25.7 Å². The molecule has 3 atom stereocenters. The number of nitrogens with zero attached hydrogens (tertiary/aromatic N) is 6. The second-order valence-electron chi connectivity index (χ2n) is 11.3. The maximum absolute atomic E-state index is 16.5. The molecule has 0 aliphatic carbocycles. The van der Waals surface area contributed by atoms with Gasteiger partial charge in [-0.1, -0.05) is 24.3 Å². The number of phenols is 1. The average molecular weight is 559 g/mol.